The summed E-state index contributed by atoms with van der Waals surface area (Å²) in [6.07, 6.45) is 0. The fourth-order valence-electron chi connectivity index (χ4n) is 3.62. The van der Waals surface area contributed by atoms with Crippen LogP contribution in [0.4, 0.5) is 0 Å². The van der Waals surface area contributed by atoms with Gasteiger partial charge in [-0.1, -0.05) is 78.9 Å². The molecule has 0 bridgehead atoms. The molecule has 0 N–H and O–H groups in total. The van der Waals surface area contributed by atoms with E-state index in [1.165, 1.54) is 0 Å². The Morgan fingerprint density at radius 2 is 1.19 bits per heavy atom. The third-order valence-electron chi connectivity index (χ3n) is 4.93. The minimum absolute atomic E-state index is 0.107. The molecule has 26 heavy (non-hydrogen) atoms. The average Bonchev–Trinajstić information content (AvgIpc) is 3.46. The van der Waals surface area contributed by atoms with Crippen molar-refractivity contribution in [2.24, 2.45) is 5.92 Å². The Kier molecular flexibility index (Phi) is 4.21. The van der Waals surface area contributed by atoms with E-state index >= 15 is 0 Å². The summed E-state index contributed by atoms with van der Waals surface area (Å²) in [5.41, 5.74) is 1.45. The molecule has 0 aliphatic heterocycles. The number of benzene rings is 3. The zero-order valence-electron chi connectivity index (χ0n) is 14.0. The van der Waals surface area contributed by atoms with Crippen LogP contribution in [0.3, 0.4) is 0 Å². The Morgan fingerprint density at radius 3 is 1.77 bits per heavy atom. The summed E-state index contributed by atoms with van der Waals surface area (Å²) in [6, 6.07) is 26.8. The number of carbonyl (C=O) groups excluding carboxylic acids is 1. The second-order valence-electron chi connectivity index (χ2n) is 6.52. The van der Waals surface area contributed by atoms with Crippen molar-refractivity contribution < 1.29 is 13.2 Å². The van der Waals surface area contributed by atoms with Gasteiger partial charge in [-0.15, -0.1) is 0 Å². The summed E-state index contributed by atoms with van der Waals surface area (Å²) < 4.78 is 26.3. The number of hydrogen-bond acceptors (Lipinski definition) is 3. The maximum atomic E-state index is 13.2. The van der Waals surface area contributed by atoms with Crippen LogP contribution >= 0.6 is 0 Å². The second-order valence-corrected chi connectivity index (χ2v) is 8.62. The molecule has 0 spiro atoms. The highest BCUT2D eigenvalue weighted by molar-refractivity contribution is 7.92. The van der Waals surface area contributed by atoms with Crippen molar-refractivity contribution in [1.29, 1.82) is 0 Å². The van der Waals surface area contributed by atoms with Crippen molar-refractivity contribution in [1.82, 2.24) is 0 Å². The molecule has 4 rings (SSSR count). The van der Waals surface area contributed by atoms with Gasteiger partial charge in [0.15, 0.2) is 15.6 Å². The molecule has 0 aromatic heterocycles. The molecule has 1 unspecified atom stereocenters. The van der Waals surface area contributed by atoms with Gasteiger partial charge in [0.2, 0.25) is 0 Å². The molecule has 0 saturated heterocycles. The van der Waals surface area contributed by atoms with E-state index in [0.29, 0.717) is 5.56 Å². The Labute approximate surface area is 153 Å². The molecular formula is C22H18O3S. The van der Waals surface area contributed by atoms with Gasteiger partial charge in [0, 0.05) is 17.4 Å². The van der Waals surface area contributed by atoms with Crippen LogP contribution in [0.15, 0.2) is 95.9 Å². The first-order valence-corrected chi connectivity index (χ1v) is 10.1. The number of ketones is 1. The first-order valence-electron chi connectivity index (χ1n) is 8.54. The minimum Gasteiger partial charge on any atom is -0.294 e. The van der Waals surface area contributed by atoms with Crippen LogP contribution in [0, 0.1) is 5.92 Å². The van der Waals surface area contributed by atoms with Gasteiger partial charge in [-0.3, -0.25) is 4.79 Å². The van der Waals surface area contributed by atoms with Gasteiger partial charge in [0.25, 0.3) is 0 Å². The Bertz CT molecular complexity index is 1010. The van der Waals surface area contributed by atoms with Crippen molar-refractivity contribution in [2.45, 2.75) is 16.1 Å². The van der Waals surface area contributed by atoms with Crippen molar-refractivity contribution in [2.75, 3.05) is 0 Å². The molecule has 3 aromatic rings. The predicted molar refractivity (Wildman–Crippen MR) is 101 cm³/mol. The van der Waals surface area contributed by atoms with Gasteiger partial charge in [-0.05, 0) is 17.7 Å². The highest BCUT2D eigenvalue weighted by atomic mass is 32.2. The zero-order chi connectivity index (χ0) is 18.1. The fourth-order valence-corrected chi connectivity index (χ4v) is 5.77. The van der Waals surface area contributed by atoms with Gasteiger partial charge in [-0.2, -0.15) is 0 Å². The van der Waals surface area contributed by atoms with Crippen molar-refractivity contribution in [3.05, 3.63) is 102 Å². The summed E-state index contributed by atoms with van der Waals surface area (Å²) in [6.45, 7) is 0. The van der Waals surface area contributed by atoms with E-state index < -0.39 is 21.0 Å². The van der Waals surface area contributed by atoms with Crippen LogP contribution in [0.2, 0.25) is 0 Å². The lowest BCUT2D eigenvalue weighted by atomic mass is 10.0. The number of hydrogen-bond donors (Lipinski definition) is 0. The van der Waals surface area contributed by atoms with Crippen molar-refractivity contribution >= 4 is 15.6 Å². The summed E-state index contributed by atoms with van der Waals surface area (Å²) in [5.74, 6) is -0.969. The molecule has 0 heterocycles. The standard InChI is InChI=1S/C22H18O3S/c23-21(17-12-6-2-7-13-17)20-19(16-10-4-1-5-11-16)22(20)26(24,25)18-14-8-3-9-15-18/h1-15,19-20,22H/t19-,20+,22?/m0/s1. The minimum atomic E-state index is -3.59. The van der Waals surface area contributed by atoms with Gasteiger partial charge < -0.3 is 0 Å². The lowest BCUT2D eigenvalue weighted by Gasteiger charge is -2.04. The van der Waals surface area contributed by atoms with E-state index in [9.17, 15) is 13.2 Å². The van der Waals surface area contributed by atoms with Gasteiger partial charge in [-0.25, -0.2) is 8.42 Å². The van der Waals surface area contributed by atoms with Crippen LogP contribution in [0.5, 0.6) is 0 Å². The van der Waals surface area contributed by atoms with Gasteiger partial charge in [0.05, 0.1) is 10.1 Å². The van der Waals surface area contributed by atoms with E-state index in [4.69, 9.17) is 0 Å². The van der Waals surface area contributed by atoms with Crippen LogP contribution in [0.25, 0.3) is 0 Å². The van der Waals surface area contributed by atoms with E-state index in [2.05, 4.69) is 0 Å². The third kappa shape index (κ3) is 2.86. The quantitative estimate of drug-likeness (QED) is 0.642. The Hall–Kier alpha value is -2.72. The summed E-state index contributed by atoms with van der Waals surface area (Å²) in [5, 5.41) is -0.722. The molecule has 0 amide bonds. The van der Waals surface area contributed by atoms with Crippen LogP contribution in [-0.2, 0) is 9.84 Å². The Balaban J connectivity index is 1.75. The monoisotopic (exact) mass is 362 g/mol. The van der Waals surface area contributed by atoms with Crippen LogP contribution in [-0.4, -0.2) is 19.5 Å². The molecule has 0 radical (unpaired) electrons. The maximum absolute atomic E-state index is 13.2. The first-order chi connectivity index (χ1) is 12.6. The molecule has 1 fully saturated rings. The van der Waals surface area contributed by atoms with E-state index in [-0.39, 0.29) is 16.6 Å². The number of Topliss-reactive ketones (excluding diaryl/α,β-unsaturated/α-hetero) is 1. The van der Waals surface area contributed by atoms with E-state index in [1.54, 1.807) is 54.6 Å². The highest BCUT2D eigenvalue weighted by Gasteiger charge is 2.62. The van der Waals surface area contributed by atoms with Crippen LogP contribution < -0.4 is 0 Å². The molecule has 1 aliphatic rings. The SMILES string of the molecule is O=C(c1ccccc1)[C@@H]1C(S(=O)(=O)c2ccccc2)[C@H]1c1ccccc1. The number of carbonyl (C=O) groups is 1. The lowest BCUT2D eigenvalue weighted by molar-refractivity contribution is 0.0965. The molecule has 3 atom stereocenters. The van der Waals surface area contributed by atoms with Crippen LogP contribution in [0.1, 0.15) is 21.8 Å². The lowest BCUT2D eigenvalue weighted by Crippen LogP contribution is -2.14. The topological polar surface area (TPSA) is 51.2 Å². The summed E-state index contributed by atoms with van der Waals surface area (Å²) in [7, 11) is -3.59. The number of sulfone groups is 1. The summed E-state index contributed by atoms with van der Waals surface area (Å²) in [4.78, 5) is 13.3. The summed E-state index contributed by atoms with van der Waals surface area (Å²) >= 11 is 0. The second kappa shape index (κ2) is 6.54. The van der Waals surface area contributed by atoms with Crippen molar-refractivity contribution in [3.8, 4) is 0 Å². The molecule has 3 aromatic carbocycles. The first kappa shape index (κ1) is 16.7. The highest BCUT2D eigenvalue weighted by Crippen LogP contribution is 2.55. The molecule has 130 valence electrons. The maximum Gasteiger partial charge on any atom is 0.182 e. The fraction of sp³-hybridized carbons (Fsp3) is 0.136. The Morgan fingerprint density at radius 1 is 0.692 bits per heavy atom. The largest absolute Gasteiger partial charge is 0.294 e. The van der Waals surface area contributed by atoms with Gasteiger partial charge >= 0.3 is 0 Å². The average molecular weight is 362 g/mol. The smallest absolute Gasteiger partial charge is 0.182 e. The predicted octanol–water partition coefficient (Wildman–Crippen LogP) is 4.13. The third-order valence-corrected chi connectivity index (χ3v) is 7.16. The van der Waals surface area contributed by atoms with Crippen molar-refractivity contribution in [3.63, 3.8) is 0 Å². The molecular weight excluding hydrogens is 344 g/mol. The number of rotatable bonds is 5. The zero-order valence-corrected chi connectivity index (χ0v) is 14.8. The van der Waals surface area contributed by atoms with E-state index in [1.807, 2.05) is 36.4 Å². The van der Waals surface area contributed by atoms with Gasteiger partial charge in [0.1, 0.15) is 0 Å². The molecule has 4 heteroatoms. The normalized spacial score (nSPS) is 21.9. The van der Waals surface area contributed by atoms with E-state index in [0.717, 1.165) is 5.56 Å². The molecule has 1 saturated carbocycles. The molecule has 3 nitrogen and oxygen atoms in total. The molecule has 1 aliphatic carbocycles.